The molecule has 0 saturated heterocycles. The molecule has 0 atom stereocenters. The van der Waals surface area contributed by atoms with E-state index in [1.54, 1.807) is 26.0 Å². The van der Waals surface area contributed by atoms with Gasteiger partial charge in [0, 0.05) is 0 Å². The quantitative estimate of drug-likeness (QED) is 0.360. The van der Waals surface area contributed by atoms with Crippen LogP contribution in [0.4, 0.5) is 0 Å². The number of thiocarbonyl (C=S) groups is 1. The molecule has 4 N–H and O–H groups in total. The summed E-state index contributed by atoms with van der Waals surface area (Å²) in [4.78, 5) is -0.0666. The van der Waals surface area contributed by atoms with Crippen LogP contribution in [-0.2, 0) is 23.7 Å². The lowest BCUT2D eigenvalue weighted by Crippen LogP contribution is -2.30. The molecule has 0 unspecified atom stereocenters. The Balaban J connectivity index is 0.000000446. The lowest BCUT2D eigenvalue weighted by atomic mass is 10.2. The zero-order valence-electron chi connectivity index (χ0n) is 13.8. The molecule has 0 fully saturated rings. The average Bonchev–Trinajstić information content (AvgIpc) is 2.46. The summed E-state index contributed by atoms with van der Waals surface area (Å²) >= 11 is 4.57. The monoisotopic (exact) mass is 398 g/mol. The second-order valence-electron chi connectivity index (χ2n) is 4.43. The van der Waals surface area contributed by atoms with Crippen LogP contribution < -0.4 is 11.1 Å². The second kappa shape index (κ2) is 10.8. The lowest BCUT2D eigenvalue weighted by molar-refractivity contribution is 0.219. The van der Waals surface area contributed by atoms with Gasteiger partial charge in [-0.2, -0.15) is 8.42 Å². The van der Waals surface area contributed by atoms with Crippen molar-refractivity contribution in [3.05, 3.63) is 29.8 Å². The van der Waals surface area contributed by atoms with Gasteiger partial charge >= 0.3 is 7.60 Å². The average molecular weight is 398 g/mol. The van der Waals surface area contributed by atoms with Crippen molar-refractivity contribution in [2.75, 3.05) is 19.5 Å². The molecule has 0 aromatic heterocycles. The molecule has 11 heteroatoms. The summed E-state index contributed by atoms with van der Waals surface area (Å²) < 4.78 is 51.2. The highest BCUT2D eigenvalue weighted by atomic mass is 32.2. The van der Waals surface area contributed by atoms with E-state index in [9.17, 15) is 13.0 Å². The molecule has 1 rings (SSSR count). The van der Waals surface area contributed by atoms with Crippen LogP contribution in [0.1, 0.15) is 19.4 Å². The molecule has 0 radical (unpaired) electrons. The van der Waals surface area contributed by atoms with Crippen molar-refractivity contribution in [2.45, 2.75) is 25.7 Å². The predicted octanol–water partition coefficient (Wildman–Crippen LogP) is 2.28. The number of aryl methyl sites for hydroxylation is 1. The molecule has 0 aliphatic rings. The molecule has 0 spiro atoms. The fraction of sp³-hybridized carbons (Fsp3) is 0.462. The normalized spacial score (nSPS) is 11.3. The number of benzene rings is 1. The Labute approximate surface area is 148 Å². The Morgan fingerprint density at radius 2 is 1.71 bits per heavy atom. The van der Waals surface area contributed by atoms with Crippen LogP contribution in [0.3, 0.4) is 0 Å². The maximum absolute atomic E-state index is 11.7. The van der Waals surface area contributed by atoms with E-state index in [2.05, 4.69) is 17.5 Å². The number of hydrogen-bond acceptors (Lipinski definition) is 6. The van der Waals surface area contributed by atoms with Gasteiger partial charge in [0.05, 0.1) is 18.1 Å². The molecule has 24 heavy (non-hydrogen) atoms. The maximum atomic E-state index is 11.7. The molecule has 138 valence electrons. The summed E-state index contributed by atoms with van der Waals surface area (Å²) in [7, 11) is -7.07. The zero-order valence-corrected chi connectivity index (χ0v) is 16.3. The molecule has 1 aromatic carbocycles. The Morgan fingerprint density at radius 3 is 2.04 bits per heavy atom. The molecular weight excluding hydrogens is 375 g/mol. The first kappa shape index (κ1) is 23.0. The molecule has 0 saturated carbocycles. The maximum Gasteiger partial charge on any atom is 0.349 e. The van der Waals surface area contributed by atoms with E-state index in [0.717, 1.165) is 5.56 Å². The number of nitrogens with two attached hydrogens (primary N) is 1. The van der Waals surface area contributed by atoms with Crippen molar-refractivity contribution in [3.8, 4) is 0 Å². The molecule has 8 nitrogen and oxygen atoms in total. The minimum absolute atomic E-state index is 0.0179. The van der Waals surface area contributed by atoms with Crippen LogP contribution in [0.2, 0.25) is 0 Å². The van der Waals surface area contributed by atoms with E-state index in [1.807, 2.05) is 6.92 Å². The van der Waals surface area contributed by atoms with Crippen molar-refractivity contribution in [1.82, 2.24) is 5.32 Å². The highest BCUT2D eigenvalue weighted by Gasteiger charge is 2.22. The lowest BCUT2D eigenvalue weighted by Gasteiger charge is -2.17. The largest absolute Gasteiger partial charge is 0.376 e. The Morgan fingerprint density at radius 1 is 1.25 bits per heavy atom. The zero-order chi connectivity index (χ0) is 18.8. The Hall–Kier alpha value is -1.03. The molecule has 0 aliphatic carbocycles. The van der Waals surface area contributed by atoms with E-state index < -0.39 is 17.7 Å². The molecule has 0 amide bonds. The van der Waals surface area contributed by atoms with Gasteiger partial charge in [0.1, 0.15) is 6.29 Å². The van der Waals surface area contributed by atoms with Crippen LogP contribution in [0.5, 0.6) is 0 Å². The van der Waals surface area contributed by atoms with E-state index in [0.29, 0.717) is 13.2 Å². The minimum Gasteiger partial charge on any atom is -0.376 e. The predicted molar refractivity (Wildman–Crippen MR) is 96.6 cm³/mol. The van der Waals surface area contributed by atoms with Gasteiger partial charge < -0.3 is 20.1 Å². The fourth-order valence-corrected chi connectivity index (χ4v) is 3.47. The SMILES string of the molecule is CCOP(=O)(CNC(N)=S)OCC.Cc1ccc(S(=O)(=O)O)cc1. The summed E-state index contributed by atoms with van der Waals surface area (Å²) in [6.45, 7) is 5.99. The first-order chi connectivity index (χ1) is 11.0. The van der Waals surface area contributed by atoms with Gasteiger partial charge in [-0.25, -0.2) is 0 Å². The van der Waals surface area contributed by atoms with Gasteiger partial charge in [-0.15, -0.1) is 0 Å². The Bertz CT molecular complexity index is 654. The summed E-state index contributed by atoms with van der Waals surface area (Å²) in [6, 6.07) is 5.99. The van der Waals surface area contributed by atoms with Gasteiger partial charge in [-0.3, -0.25) is 9.12 Å². The second-order valence-corrected chi connectivity index (χ2v) is 8.35. The topological polar surface area (TPSA) is 128 Å². The summed E-state index contributed by atoms with van der Waals surface area (Å²) in [5, 5.41) is 2.63. The number of nitrogens with one attached hydrogen (secondary N) is 1. The van der Waals surface area contributed by atoms with Crippen LogP contribution in [0, 0.1) is 6.92 Å². The Kier molecular flexibility index (Phi) is 10.3. The van der Waals surface area contributed by atoms with E-state index >= 15 is 0 Å². The van der Waals surface area contributed by atoms with Crippen molar-refractivity contribution in [3.63, 3.8) is 0 Å². The van der Waals surface area contributed by atoms with Crippen molar-refractivity contribution in [2.24, 2.45) is 5.73 Å². The standard InChI is InChI=1S/C7H8O3S.C6H15N2O3PS/c1-6-2-4-7(5-3-6)11(8,9)10;1-3-10-12(9,11-4-2)5-8-6(7)13/h2-5H,1H3,(H,8,9,10);3-5H2,1-2H3,(H3,7,8,13). The van der Waals surface area contributed by atoms with Crippen molar-refractivity contribution < 1.29 is 26.6 Å². The summed E-state index contributed by atoms with van der Waals surface area (Å²) in [6.07, 6.45) is 0.0179. The molecule has 1 aromatic rings. The smallest absolute Gasteiger partial charge is 0.349 e. The van der Waals surface area contributed by atoms with Gasteiger partial charge in [0.15, 0.2) is 5.11 Å². The molecule has 0 bridgehead atoms. The van der Waals surface area contributed by atoms with Gasteiger partial charge in [0.25, 0.3) is 10.1 Å². The van der Waals surface area contributed by atoms with Crippen LogP contribution in [0.15, 0.2) is 29.2 Å². The first-order valence-corrected chi connectivity index (χ1v) is 10.6. The van der Waals surface area contributed by atoms with Gasteiger partial charge in [-0.05, 0) is 45.1 Å². The van der Waals surface area contributed by atoms with Gasteiger partial charge in [-0.1, -0.05) is 17.7 Å². The molecule has 0 heterocycles. The molecular formula is C13H23N2O6PS2. The third-order valence-corrected chi connectivity index (χ3v) is 5.28. The highest BCUT2D eigenvalue weighted by molar-refractivity contribution is 7.85. The third-order valence-electron chi connectivity index (χ3n) is 2.42. The highest BCUT2D eigenvalue weighted by Crippen LogP contribution is 2.46. The van der Waals surface area contributed by atoms with Crippen LogP contribution in [0.25, 0.3) is 0 Å². The van der Waals surface area contributed by atoms with E-state index in [-0.39, 0.29) is 16.3 Å². The number of hydrogen-bond donors (Lipinski definition) is 3. The minimum atomic E-state index is -4.02. The van der Waals surface area contributed by atoms with Crippen molar-refractivity contribution >= 4 is 35.0 Å². The van der Waals surface area contributed by atoms with Gasteiger partial charge in [0.2, 0.25) is 0 Å². The molecule has 0 aliphatic heterocycles. The van der Waals surface area contributed by atoms with Crippen molar-refractivity contribution in [1.29, 1.82) is 0 Å². The summed E-state index contributed by atoms with van der Waals surface area (Å²) in [5.74, 6) is 0. The van der Waals surface area contributed by atoms with E-state index in [1.165, 1.54) is 12.1 Å². The van der Waals surface area contributed by atoms with Crippen LogP contribution >= 0.6 is 19.8 Å². The van der Waals surface area contributed by atoms with Crippen LogP contribution in [-0.4, -0.2) is 37.6 Å². The summed E-state index contributed by atoms with van der Waals surface area (Å²) in [5.41, 5.74) is 6.14. The first-order valence-electron chi connectivity index (χ1n) is 6.99. The number of rotatable bonds is 7. The fourth-order valence-electron chi connectivity index (χ4n) is 1.41. The van der Waals surface area contributed by atoms with E-state index in [4.69, 9.17) is 19.3 Å². The third kappa shape index (κ3) is 9.96.